The smallest absolute Gasteiger partial charge is 0.164 e. The van der Waals surface area contributed by atoms with Gasteiger partial charge in [0.25, 0.3) is 0 Å². The van der Waals surface area contributed by atoms with Gasteiger partial charge in [-0.25, -0.2) is 29.9 Å². The lowest BCUT2D eigenvalue weighted by molar-refractivity contribution is 1.06. The van der Waals surface area contributed by atoms with Crippen molar-refractivity contribution in [1.29, 1.82) is 0 Å². The molecule has 0 spiro atoms. The molecule has 3 aromatic heterocycles. The van der Waals surface area contributed by atoms with Crippen LogP contribution < -0.4 is 0 Å². The first-order chi connectivity index (χ1) is 27.3. The molecular formula is C48H30N6S. The van der Waals surface area contributed by atoms with Crippen LogP contribution in [0.3, 0.4) is 0 Å². The number of hydrogen-bond donors (Lipinski definition) is 0. The maximum atomic E-state index is 5.27. The standard InChI is InChI=1S/C48H30N6S/c1-4-17-31(18-5-1)43-49-44(32-19-6-2-7-20-32)51-47(50-43)39-26-12-13-27-40(39)48-53-45(33-21-8-3-9-22-33)52-46(54-48)38-25-11-10-23-34(38)36-28-16-29-37-35-24-14-15-30-41(35)55-42(36)37/h1-30H. The predicted octanol–water partition coefficient (Wildman–Crippen LogP) is 12.1. The molecule has 7 heteroatoms. The molecule has 0 radical (unpaired) electrons. The van der Waals surface area contributed by atoms with E-state index in [1.807, 2.05) is 133 Å². The monoisotopic (exact) mass is 722 g/mol. The topological polar surface area (TPSA) is 77.3 Å². The Bertz CT molecular complexity index is 2920. The summed E-state index contributed by atoms with van der Waals surface area (Å²) in [5.74, 6) is 3.39. The van der Waals surface area contributed by atoms with E-state index in [1.165, 1.54) is 20.2 Å². The fraction of sp³-hybridized carbons (Fsp3) is 0. The van der Waals surface area contributed by atoms with E-state index < -0.39 is 0 Å². The molecule has 0 amide bonds. The van der Waals surface area contributed by atoms with Crippen molar-refractivity contribution in [3.05, 3.63) is 182 Å². The fourth-order valence-corrected chi connectivity index (χ4v) is 8.24. The zero-order chi connectivity index (χ0) is 36.6. The van der Waals surface area contributed by atoms with Gasteiger partial charge in [0.1, 0.15) is 0 Å². The normalized spacial score (nSPS) is 11.3. The summed E-state index contributed by atoms with van der Waals surface area (Å²) >= 11 is 1.81. The number of fused-ring (bicyclic) bond motifs is 3. The lowest BCUT2D eigenvalue weighted by Gasteiger charge is -2.14. The van der Waals surface area contributed by atoms with E-state index in [1.54, 1.807) is 0 Å². The Hall–Kier alpha value is -7.22. The molecule has 0 bridgehead atoms. The van der Waals surface area contributed by atoms with Crippen molar-refractivity contribution in [3.63, 3.8) is 0 Å². The predicted molar refractivity (Wildman–Crippen MR) is 224 cm³/mol. The summed E-state index contributed by atoms with van der Waals surface area (Å²) < 4.78 is 2.49. The van der Waals surface area contributed by atoms with Gasteiger partial charge >= 0.3 is 0 Å². The lowest BCUT2D eigenvalue weighted by Crippen LogP contribution is -2.04. The average Bonchev–Trinajstić information content (AvgIpc) is 3.66. The summed E-state index contributed by atoms with van der Waals surface area (Å²) in [5, 5.41) is 2.50. The average molecular weight is 723 g/mol. The number of thiophene rings is 1. The minimum Gasteiger partial charge on any atom is -0.208 e. The number of rotatable bonds is 7. The number of aromatic nitrogens is 6. The molecule has 0 atom stereocenters. The van der Waals surface area contributed by atoms with Crippen LogP contribution in [0.15, 0.2) is 182 Å². The maximum absolute atomic E-state index is 5.27. The molecule has 10 rings (SSSR count). The van der Waals surface area contributed by atoms with Crippen molar-refractivity contribution in [2.75, 3.05) is 0 Å². The van der Waals surface area contributed by atoms with Gasteiger partial charge in [-0.3, -0.25) is 0 Å². The third-order valence-electron chi connectivity index (χ3n) is 9.64. The number of benzene rings is 7. The van der Waals surface area contributed by atoms with Crippen LogP contribution >= 0.6 is 11.3 Å². The summed E-state index contributed by atoms with van der Waals surface area (Å²) in [5.41, 5.74) is 7.40. The first-order valence-electron chi connectivity index (χ1n) is 18.0. The molecule has 0 fully saturated rings. The van der Waals surface area contributed by atoms with Crippen LogP contribution in [0, 0.1) is 0 Å². The van der Waals surface area contributed by atoms with E-state index in [0.717, 1.165) is 44.5 Å². The SMILES string of the molecule is c1ccc(-c2nc(-c3ccccc3)nc(-c3ccccc3-c3nc(-c4ccccc4)nc(-c4ccccc4-c4cccc5c4sc4ccccc45)n3)n2)cc1. The van der Waals surface area contributed by atoms with Crippen LogP contribution in [0.25, 0.3) is 99.6 Å². The van der Waals surface area contributed by atoms with Crippen molar-refractivity contribution >= 4 is 31.5 Å². The van der Waals surface area contributed by atoms with Crippen LogP contribution in [0.4, 0.5) is 0 Å². The zero-order valence-electron chi connectivity index (χ0n) is 29.4. The molecule has 10 aromatic rings. The van der Waals surface area contributed by atoms with E-state index in [0.29, 0.717) is 34.9 Å². The number of hydrogen-bond acceptors (Lipinski definition) is 7. The molecule has 0 N–H and O–H groups in total. The number of nitrogens with zero attached hydrogens (tertiary/aromatic N) is 6. The molecule has 0 unspecified atom stereocenters. The summed E-state index contributed by atoms with van der Waals surface area (Å²) in [6.07, 6.45) is 0. The van der Waals surface area contributed by atoms with Crippen molar-refractivity contribution in [1.82, 2.24) is 29.9 Å². The van der Waals surface area contributed by atoms with Gasteiger partial charge in [0.15, 0.2) is 34.9 Å². The van der Waals surface area contributed by atoms with Crippen LogP contribution in [-0.4, -0.2) is 29.9 Å². The third kappa shape index (κ3) is 6.12. The molecule has 0 saturated heterocycles. The van der Waals surface area contributed by atoms with Gasteiger partial charge < -0.3 is 0 Å². The lowest BCUT2D eigenvalue weighted by atomic mass is 9.97. The van der Waals surface area contributed by atoms with E-state index in [4.69, 9.17) is 29.9 Å². The van der Waals surface area contributed by atoms with Gasteiger partial charge in [0.2, 0.25) is 0 Å². The van der Waals surface area contributed by atoms with Gasteiger partial charge in [-0.2, -0.15) is 0 Å². The van der Waals surface area contributed by atoms with Crippen LogP contribution in [-0.2, 0) is 0 Å². The Morgan fingerprint density at radius 1 is 0.255 bits per heavy atom. The van der Waals surface area contributed by atoms with E-state index in [2.05, 4.69) is 60.7 Å². The largest absolute Gasteiger partial charge is 0.208 e. The zero-order valence-corrected chi connectivity index (χ0v) is 30.2. The Morgan fingerprint density at radius 2 is 0.600 bits per heavy atom. The summed E-state index contributed by atoms with van der Waals surface area (Å²) in [6, 6.07) is 61.6. The Kier molecular flexibility index (Phi) is 8.24. The second kappa shape index (κ2) is 14.0. The third-order valence-corrected chi connectivity index (χ3v) is 10.9. The molecule has 0 saturated carbocycles. The van der Waals surface area contributed by atoms with Gasteiger partial charge in [-0.05, 0) is 11.6 Å². The first-order valence-corrected chi connectivity index (χ1v) is 18.9. The van der Waals surface area contributed by atoms with Crippen LogP contribution in [0.2, 0.25) is 0 Å². The molecule has 6 nitrogen and oxygen atoms in total. The van der Waals surface area contributed by atoms with E-state index in [-0.39, 0.29) is 0 Å². The Balaban J connectivity index is 1.18. The molecule has 3 heterocycles. The minimum absolute atomic E-state index is 0.525. The van der Waals surface area contributed by atoms with Crippen molar-refractivity contribution in [3.8, 4) is 79.5 Å². The molecule has 55 heavy (non-hydrogen) atoms. The van der Waals surface area contributed by atoms with Gasteiger partial charge in [0.05, 0.1) is 0 Å². The summed E-state index contributed by atoms with van der Waals surface area (Å²) in [4.78, 5) is 30.6. The summed E-state index contributed by atoms with van der Waals surface area (Å²) in [7, 11) is 0. The van der Waals surface area contributed by atoms with Gasteiger partial charge in [0, 0.05) is 59.1 Å². The summed E-state index contributed by atoms with van der Waals surface area (Å²) in [6.45, 7) is 0. The maximum Gasteiger partial charge on any atom is 0.164 e. The van der Waals surface area contributed by atoms with E-state index >= 15 is 0 Å². The molecule has 0 aliphatic rings. The first kappa shape index (κ1) is 32.4. The Labute approximate surface area is 321 Å². The van der Waals surface area contributed by atoms with Crippen molar-refractivity contribution in [2.45, 2.75) is 0 Å². The molecule has 7 aromatic carbocycles. The van der Waals surface area contributed by atoms with Crippen LogP contribution in [0.5, 0.6) is 0 Å². The van der Waals surface area contributed by atoms with E-state index in [9.17, 15) is 0 Å². The van der Waals surface area contributed by atoms with Crippen LogP contribution in [0.1, 0.15) is 0 Å². The van der Waals surface area contributed by atoms with Crippen molar-refractivity contribution in [2.24, 2.45) is 0 Å². The minimum atomic E-state index is 0.525. The second-order valence-corrected chi connectivity index (χ2v) is 14.1. The van der Waals surface area contributed by atoms with Gasteiger partial charge in [-0.1, -0.05) is 176 Å². The molecule has 258 valence electrons. The molecule has 0 aliphatic heterocycles. The Morgan fingerprint density at radius 3 is 1.11 bits per heavy atom. The molecular weight excluding hydrogens is 693 g/mol. The highest BCUT2D eigenvalue weighted by Gasteiger charge is 2.21. The highest BCUT2D eigenvalue weighted by molar-refractivity contribution is 7.26. The highest BCUT2D eigenvalue weighted by Crippen LogP contribution is 2.43. The fourth-order valence-electron chi connectivity index (χ4n) is 7.01. The quantitative estimate of drug-likeness (QED) is 0.163. The molecule has 0 aliphatic carbocycles. The highest BCUT2D eigenvalue weighted by atomic mass is 32.1. The second-order valence-electron chi connectivity index (χ2n) is 13.1. The van der Waals surface area contributed by atoms with Gasteiger partial charge in [-0.15, -0.1) is 11.3 Å². The van der Waals surface area contributed by atoms with Crippen molar-refractivity contribution < 1.29 is 0 Å².